The third-order valence-electron chi connectivity index (χ3n) is 2.64. The van der Waals surface area contributed by atoms with Crippen LogP contribution >= 0.6 is 11.3 Å². The zero-order chi connectivity index (χ0) is 15.1. The monoisotopic (exact) mass is 304 g/mol. The van der Waals surface area contributed by atoms with Gasteiger partial charge in [-0.25, -0.2) is 4.98 Å². The minimum Gasteiger partial charge on any atom is -0.383 e. The maximum absolute atomic E-state index is 12.2. The summed E-state index contributed by atoms with van der Waals surface area (Å²) in [5.74, 6) is 5.42. The molecule has 0 fully saturated rings. The molecular weight excluding hydrogens is 288 g/mol. The van der Waals surface area contributed by atoms with E-state index in [4.69, 9.17) is 10.5 Å². The number of nitrogens with one attached hydrogen (secondary N) is 1. The molecule has 7 heteroatoms. The molecule has 2 aromatic heterocycles. The number of nitrogens with zero attached hydrogens (tertiary/aromatic N) is 2. The van der Waals surface area contributed by atoms with Gasteiger partial charge in [0.2, 0.25) is 0 Å². The van der Waals surface area contributed by atoms with Gasteiger partial charge in [0, 0.05) is 19.9 Å². The van der Waals surface area contributed by atoms with Crippen LogP contribution in [-0.4, -0.2) is 35.7 Å². The number of methoxy groups -OCH3 is 1. The van der Waals surface area contributed by atoms with E-state index in [1.54, 1.807) is 19.4 Å². The van der Waals surface area contributed by atoms with Crippen LogP contribution in [-0.2, 0) is 11.3 Å². The molecule has 0 atom stereocenters. The average molecular weight is 304 g/mol. The summed E-state index contributed by atoms with van der Waals surface area (Å²) in [7, 11) is 1.63. The summed E-state index contributed by atoms with van der Waals surface area (Å²) in [4.78, 5) is 17.1. The molecule has 0 saturated heterocycles. The van der Waals surface area contributed by atoms with Crippen LogP contribution in [0.1, 0.15) is 15.4 Å². The Balaban J connectivity index is 2.04. The Morgan fingerprint density at radius 1 is 1.62 bits per heavy atom. The molecule has 0 aliphatic rings. The molecule has 0 saturated carbocycles. The first-order valence-electron chi connectivity index (χ1n) is 6.34. The quantitative estimate of drug-likeness (QED) is 0.812. The molecule has 0 aliphatic carbocycles. The molecular formula is C14H16N4O2S. The number of anilines is 1. The van der Waals surface area contributed by atoms with Gasteiger partial charge < -0.3 is 15.0 Å². The van der Waals surface area contributed by atoms with Crippen molar-refractivity contribution in [3.8, 4) is 11.8 Å². The fourth-order valence-electron chi connectivity index (χ4n) is 1.69. The van der Waals surface area contributed by atoms with Crippen molar-refractivity contribution in [2.24, 2.45) is 5.73 Å². The maximum atomic E-state index is 12.2. The topological polar surface area (TPSA) is 82.2 Å². The number of nitrogens with two attached hydrogens (primary N) is 1. The van der Waals surface area contributed by atoms with E-state index in [0.29, 0.717) is 30.5 Å². The van der Waals surface area contributed by atoms with E-state index in [1.165, 1.54) is 11.3 Å². The largest absolute Gasteiger partial charge is 0.383 e. The molecule has 3 N–H and O–H groups in total. The second kappa shape index (κ2) is 7.59. The number of hydrogen-bond acceptors (Lipinski definition) is 5. The highest BCUT2D eigenvalue weighted by molar-refractivity contribution is 7.16. The fourth-order valence-corrected chi connectivity index (χ4v) is 2.38. The van der Waals surface area contributed by atoms with Crippen LogP contribution in [0.4, 0.5) is 5.13 Å². The lowest BCUT2D eigenvalue weighted by Crippen LogP contribution is -2.17. The van der Waals surface area contributed by atoms with Gasteiger partial charge in [-0.3, -0.25) is 10.1 Å². The molecule has 2 heterocycles. The Labute approximate surface area is 126 Å². The van der Waals surface area contributed by atoms with Crippen LogP contribution in [0.5, 0.6) is 0 Å². The van der Waals surface area contributed by atoms with Gasteiger partial charge in [0.1, 0.15) is 5.69 Å². The number of aromatic nitrogens is 2. The summed E-state index contributed by atoms with van der Waals surface area (Å²) in [5.41, 5.74) is 5.88. The number of carbonyl (C=O) groups is 1. The van der Waals surface area contributed by atoms with Gasteiger partial charge in [-0.1, -0.05) is 23.2 Å². The molecule has 0 aliphatic heterocycles. The first-order chi connectivity index (χ1) is 10.2. The summed E-state index contributed by atoms with van der Waals surface area (Å²) in [6, 6.07) is 3.58. The Kier molecular flexibility index (Phi) is 5.51. The Morgan fingerprint density at radius 3 is 3.24 bits per heavy atom. The number of amides is 1. The third kappa shape index (κ3) is 4.16. The molecule has 21 heavy (non-hydrogen) atoms. The predicted octanol–water partition coefficient (Wildman–Crippen LogP) is 1.15. The molecule has 0 spiro atoms. The lowest BCUT2D eigenvalue weighted by molar-refractivity contribution is 0.101. The van der Waals surface area contributed by atoms with Gasteiger partial charge >= 0.3 is 0 Å². The molecule has 0 unspecified atom stereocenters. The van der Waals surface area contributed by atoms with Gasteiger partial charge in [-0.05, 0) is 12.1 Å². The molecule has 1 amide bonds. The van der Waals surface area contributed by atoms with Gasteiger partial charge in [0.25, 0.3) is 5.91 Å². The van der Waals surface area contributed by atoms with Crippen molar-refractivity contribution in [3.63, 3.8) is 0 Å². The Hall–Kier alpha value is -2.14. The lowest BCUT2D eigenvalue weighted by Gasteiger charge is -2.07. The van der Waals surface area contributed by atoms with Crippen LogP contribution in [0.25, 0.3) is 0 Å². The normalized spacial score (nSPS) is 10.0. The number of rotatable bonds is 5. The van der Waals surface area contributed by atoms with Crippen LogP contribution in [0.3, 0.4) is 0 Å². The van der Waals surface area contributed by atoms with Crippen LogP contribution in [0.2, 0.25) is 0 Å². The maximum Gasteiger partial charge on any atom is 0.274 e. The van der Waals surface area contributed by atoms with E-state index in [9.17, 15) is 4.79 Å². The summed E-state index contributed by atoms with van der Waals surface area (Å²) in [5, 5.41) is 3.28. The van der Waals surface area contributed by atoms with Crippen molar-refractivity contribution in [3.05, 3.63) is 35.1 Å². The van der Waals surface area contributed by atoms with Gasteiger partial charge in [-0.15, -0.1) is 0 Å². The fraction of sp³-hybridized carbons (Fsp3) is 0.286. The minimum absolute atomic E-state index is 0.205. The van der Waals surface area contributed by atoms with Crippen LogP contribution in [0, 0.1) is 11.8 Å². The van der Waals surface area contributed by atoms with Crippen molar-refractivity contribution in [2.75, 3.05) is 25.6 Å². The van der Waals surface area contributed by atoms with E-state index in [2.05, 4.69) is 22.1 Å². The Bertz CT molecular complexity index is 666. The minimum atomic E-state index is -0.205. The van der Waals surface area contributed by atoms with E-state index in [0.717, 1.165) is 4.88 Å². The van der Waals surface area contributed by atoms with Crippen LogP contribution in [0.15, 0.2) is 24.5 Å². The van der Waals surface area contributed by atoms with Crippen LogP contribution < -0.4 is 11.1 Å². The summed E-state index contributed by atoms with van der Waals surface area (Å²) < 4.78 is 6.86. The number of ether oxygens (including phenoxy) is 1. The van der Waals surface area contributed by atoms with E-state index in [-0.39, 0.29) is 5.91 Å². The second-order valence-corrected chi connectivity index (χ2v) is 5.10. The highest BCUT2D eigenvalue weighted by Gasteiger charge is 2.12. The molecule has 0 radical (unpaired) electrons. The SMILES string of the molecule is COCCn1cccc1C(=O)Nc1ncc(C#CCN)s1. The predicted molar refractivity (Wildman–Crippen MR) is 82.3 cm³/mol. The van der Waals surface area contributed by atoms with Crippen molar-refractivity contribution in [2.45, 2.75) is 6.54 Å². The third-order valence-corrected chi connectivity index (χ3v) is 3.47. The van der Waals surface area contributed by atoms with E-state index < -0.39 is 0 Å². The first-order valence-corrected chi connectivity index (χ1v) is 7.16. The molecule has 6 nitrogen and oxygen atoms in total. The number of hydrogen-bond donors (Lipinski definition) is 2. The van der Waals surface area contributed by atoms with Crippen molar-refractivity contribution >= 4 is 22.4 Å². The van der Waals surface area contributed by atoms with Gasteiger partial charge in [-0.2, -0.15) is 0 Å². The lowest BCUT2D eigenvalue weighted by atomic mass is 10.4. The van der Waals surface area contributed by atoms with Gasteiger partial charge in [0.05, 0.1) is 24.2 Å². The second-order valence-electron chi connectivity index (χ2n) is 4.07. The smallest absolute Gasteiger partial charge is 0.274 e. The van der Waals surface area contributed by atoms with Crippen molar-refractivity contribution in [1.29, 1.82) is 0 Å². The van der Waals surface area contributed by atoms with Crippen molar-refractivity contribution in [1.82, 2.24) is 9.55 Å². The number of thiazole rings is 1. The van der Waals surface area contributed by atoms with E-state index in [1.807, 2.05) is 16.8 Å². The zero-order valence-corrected chi connectivity index (χ0v) is 12.4. The molecule has 2 aromatic rings. The summed E-state index contributed by atoms with van der Waals surface area (Å²) >= 11 is 1.32. The highest BCUT2D eigenvalue weighted by atomic mass is 32.1. The highest BCUT2D eigenvalue weighted by Crippen LogP contribution is 2.18. The molecule has 0 bridgehead atoms. The molecule has 110 valence electrons. The summed E-state index contributed by atoms with van der Waals surface area (Å²) in [6.45, 7) is 1.47. The number of carbonyl (C=O) groups excluding carboxylic acids is 1. The zero-order valence-electron chi connectivity index (χ0n) is 11.6. The standard InChI is InChI=1S/C14H16N4O2S/c1-20-9-8-18-7-3-5-12(18)13(19)17-14-16-10-11(21-14)4-2-6-15/h3,5,7,10H,6,8-9,15H2,1H3,(H,16,17,19). The summed E-state index contributed by atoms with van der Waals surface area (Å²) in [6.07, 6.45) is 3.46. The molecule has 0 aromatic carbocycles. The molecule has 2 rings (SSSR count). The first kappa shape index (κ1) is 15.3. The average Bonchev–Trinajstić information content (AvgIpc) is 3.11. The van der Waals surface area contributed by atoms with Gasteiger partial charge in [0.15, 0.2) is 5.13 Å². The Morgan fingerprint density at radius 2 is 2.48 bits per heavy atom. The van der Waals surface area contributed by atoms with Crippen molar-refractivity contribution < 1.29 is 9.53 Å². The van der Waals surface area contributed by atoms with E-state index >= 15 is 0 Å².